The minimum absolute atomic E-state index is 0. The van der Waals surface area contributed by atoms with Gasteiger partial charge in [-0.1, -0.05) is 6.92 Å². The highest BCUT2D eigenvalue weighted by Crippen LogP contribution is 2.16. The van der Waals surface area contributed by atoms with Crippen molar-refractivity contribution in [2.45, 2.75) is 45.7 Å². The van der Waals surface area contributed by atoms with Crippen LogP contribution in [0.2, 0.25) is 0 Å². The molecule has 0 radical (unpaired) electrons. The van der Waals surface area contributed by atoms with Crippen LogP contribution in [0.3, 0.4) is 0 Å². The Labute approximate surface area is 143 Å². The average Bonchev–Trinajstić information content (AvgIpc) is 3.05. The van der Waals surface area contributed by atoms with Crippen LogP contribution in [-0.4, -0.2) is 45.8 Å². The predicted octanol–water partition coefficient (Wildman–Crippen LogP) is 1.65. The van der Waals surface area contributed by atoms with E-state index in [0.29, 0.717) is 6.54 Å². The number of nitrogens with zero attached hydrogens (tertiary/aromatic N) is 5. The van der Waals surface area contributed by atoms with Crippen LogP contribution in [-0.2, 0) is 19.5 Å². The molecule has 3 heterocycles. The molecule has 1 aromatic rings. The highest BCUT2D eigenvalue weighted by Gasteiger charge is 2.20. The first-order valence-electron chi connectivity index (χ1n) is 7.64. The van der Waals surface area contributed by atoms with Crippen LogP contribution in [0.25, 0.3) is 0 Å². The van der Waals surface area contributed by atoms with E-state index in [1.54, 1.807) is 0 Å². The van der Waals surface area contributed by atoms with Crippen LogP contribution in [0, 0.1) is 5.92 Å². The summed E-state index contributed by atoms with van der Waals surface area (Å²) in [5, 5.41) is 12.0. The number of piperidine rings is 1. The molecule has 7 heteroatoms. The number of halogens is 1. The molecular formula is C14H25IN6. The highest BCUT2D eigenvalue weighted by atomic mass is 127. The summed E-state index contributed by atoms with van der Waals surface area (Å²) in [7, 11) is 1.86. The first kappa shape index (κ1) is 16.5. The molecule has 0 aliphatic carbocycles. The van der Waals surface area contributed by atoms with Gasteiger partial charge < -0.3 is 14.8 Å². The Morgan fingerprint density at radius 1 is 1.29 bits per heavy atom. The number of rotatable bonds is 2. The minimum atomic E-state index is 0. The largest absolute Gasteiger partial charge is 0.349 e. The Kier molecular flexibility index (Phi) is 5.83. The van der Waals surface area contributed by atoms with Crippen LogP contribution >= 0.6 is 24.0 Å². The van der Waals surface area contributed by atoms with Gasteiger partial charge in [0.25, 0.3) is 0 Å². The lowest BCUT2D eigenvalue weighted by Gasteiger charge is -2.32. The third-order valence-corrected chi connectivity index (χ3v) is 4.39. The standard InChI is InChI=1S/C14H24N6.HI/c1-11-5-8-19(9-6-11)14(15-2)16-10-13-18-17-12-4-3-7-20(12)13;/h11H,3-10H2,1-2H3,(H,15,16);1H. The van der Waals surface area contributed by atoms with Crippen molar-refractivity contribution in [1.82, 2.24) is 25.0 Å². The SMILES string of the molecule is CN=C(NCc1nnc2n1CCC2)N1CCC(C)CC1.I. The van der Waals surface area contributed by atoms with Crippen molar-refractivity contribution >= 4 is 29.9 Å². The van der Waals surface area contributed by atoms with E-state index in [2.05, 4.69) is 36.9 Å². The van der Waals surface area contributed by atoms with E-state index in [9.17, 15) is 0 Å². The summed E-state index contributed by atoms with van der Waals surface area (Å²) >= 11 is 0. The van der Waals surface area contributed by atoms with E-state index in [4.69, 9.17) is 0 Å². The van der Waals surface area contributed by atoms with Gasteiger partial charge >= 0.3 is 0 Å². The smallest absolute Gasteiger partial charge is 0.194 e. The van der Waals surface area contributed by atoms with Crippen molar-refractivity contribution < 1.29 is 0 Å². The lowest BCUT2D eigenvalue weighted by Crippen LogP contribution is -2.45. The number of aromatic nitrogens is 3. The first-order chi connectivity index (χ1) is 9.78. The summed E-state index contributed by atoms with van der Waals surface area (Å²) in [6, 6.07) is 0. The summed E-state index contributed by atoms with van der Waals surface area (Å²) in [5.74, 6) is 3.99. The van der Waals surface area contributed by atoms with Crippen LogP contribution in [0.1, 0.15) is 37.8 Å². The molecule has 0 unspecified atom stereocenters. The first-order valence-corrected chi connectivity index (χ1v) is 7.64. The van der Waals surface area contributed by atoms with Crippen molar-refractivity contribution in [1.29, 1.82) is 0 Å². The molecule has 0 aromatic carbocycles. The topological polar surface area (TPSA) is 58.3 Å². The lowest BCUT2D eigenvalue weighted by atomic mass is 10.00. The number of nitrogens with one attached hydrogen (secondary N) is 1. The van der Waals surface area contributed by atoms with E-state index >= 15 is 0 Å². The second kappa shape index (κ2) is 7.42. The number of aliphatic imine (C=N–C) groups is 1. The molecule has 0 atom stereocenters. The van der Waals surface area contributed by atoms with Gasteiger partial charge in [0.05, 0.1) is 6.54 Å². The Morgan fingerprint density at radius 2 is 2.05 bits per heavy atom. The van der Waals surface area contributed by atoms with Gasteiger partial charge in [0.2, 0.25) is 0 Å². The normalized spacial score (nSPS) is 19.3. The molecule has 1 N–H and O–H groups in total. The number of hydrogen-bond donors (Lipinski definition) is 1. The molecule has 2 aliphatic rings. The fourth-order valence-corrected chi connectivity index (χ4v) is 3.05. The zero-order valence-corrected chi connectivity index (χ0v) is 15.2. The molecule has 0 bridgehead atoms. The maximum Gasteiger partial charge on any atom is 0.194 e. The number of fused-ring (bicyclic) bond motifs is 1. The molecule has 6 nitrogen and oxygen atoms in total. The molecule has 0 amide bonds. The molecule has 0 saturated carbocycles. The van der Waals surface area contributed by atoms with Crippen LogP contribution in [0.5, 0.6) is 0 Å². The maximum atomic E-state index is 4.40. The van der Waals surface area contributed by atoms with E-state index in [0.717, 1.165) is 49.6 Å². The van der Waals surface area contributed by atoms with Crippen molar-refractivity contribution in [3.63, 3.8) is 0 Å². The van der Waals surface area contributed by atoms with Crippen LogP contribution in [0.4, 0.5) is 0 Å². The van der Waals surface area contributed by atoms with Crippen molar-refractivity contribution in [2.24, 2.45) is 10.9 Å². The molecule has 2 aliphatic heterocycles. The average molecular weight is 404 g/mol. The molecule has 0 spiro atoms. The van der Waals surface area contributed by atoms with Gasteiger partial charge in [-0.3, -0.25) is 4.99 Å². The summed E-state index contributed by atoms with van der Waals surface area (Å²) in [6.45, 7) is 6.29. The number of likely N-dealkylation sites (tertiary alicyclic amines) is 1. The maximum absolute atomic E-state index is 4.40. The van der Waals surface area contributed by atoms with Gasteiger partial charge in [0.15, 0.2) is 11.8 Å². The van der Waals surface area contributed by atoms with Crippen LogP contribution in [0.15, 0.2) is 4.99 Å². The van der Waals surface area contributed by atoms with Crippen LogP contribution < -0.4 is 5.32 Å². The second-order valence-electron chi connectivity index (χ2n) is 5.86. The third kappa shape index (κ3) is 3.67. The minimum Gasteiger partial charge on any atom is -0.349 e. The summed E-state index contributed by atoms with van der Waals surface area (Å²) < 4.78 is 2.23. The highest BCUT2D eigenvalue weighted by molar-refractivity contribution is 14.0. The molecule has 1 saturated heterocycles. The quantitative estimate of drug-likeness (QED) is 0.463. The molecule has 1 aromatic heterocycles. The predicted molar refractivity (Wildman–Crippen MR) is 93.9 cm³/mol. The lowest BCUT2D eigenvalue weighted by molar-refractivity contribution is 0.273. The zero-order chi connectivity index (χ0) is 13.9. The zero-order valence-electron chi connectivity index (χ0n) is 12.9. The van der Waals surface area contributed by atoms with Gasteiger partial charge in [0, 0.05) is 33.1 Å². The summed E-state index contributed by atoms with van der Waals surface area (Å²) in [4.78, 5) is 6.75. The molecule has 21 heavy (non-hydrogen) atoms. The Balaban J connectivity index is 0.00000161. The van der Waals surface area contributed by atoms with Gasteiger partial charge in [-0.05, 0) is 25.2 Å². The summed E-state index contributed by atoms with van der Waals surface area (Å²) in [5.41, 5.74) is 0. The summed E-state index contributed by atoms with van der Waals surface area (Å²) in [6.07, 6.45) is 4.75. The second-order valence-corrected chi connectivity index (χ2v) is 5.86. The van der Waals surface area contributed by atoms with E-state index in [1.807, 2.05) is 7.05 Å². The van der Waals surface area contributed by atoms with Crippen molar-refractivity contribution in [3.8, 4) is 0 Å². The van der Waals surface area contributed by atoms with Gasteiger partial charge in [-0.15, -0.1) is 34.2 Å². The fourth-order valence-electron chi connectivity index (χ4n) is 3.05. The Hall–Kier alpha value is -0.860. The third-order valence-electron chi connectivity index (χ3n) is 4.39. The van der Waals surface area contributed by atoms with Crippen molar-refractivity contribution in [2.75, 3.05) is 20.1 Å². The number of hydrogen-bond acceptors (Lipinski definition) is 3. The monoisotopic (exact) mass is 404 g/mol. The van der Waals surface area contributed by atoms with Gasteiger partial charge in [-0.2, -0.15) is 0 Å². The molecule has 1 fully saturated rings. The van der Waals surface area contributed by atoms with Crippen molar-refractivity contribution in [3.05, 3.63) is 11.6 Å². The Morgan fingerprint density at radius 3 is 2.76 bits per heavy atom. The molecule has 118 valence electrons. The van der Waals surface area contributed by atoms with Gasteiger partial charge in [-0.25, -0.2) is 0 Å². The fraction of sp³-hybridized carbons (Fsp3) is 0.786. The van der Waals surface area contributed by atoms with Gasteiger partial charge in [0.1, 0.15) is 5.82 Å². The van der Waals surface area contributed by atoms with E-state index < -0.39 is 0 Å². The van der Waals surface area contributed by atoms with E-state index in [-0.39, 0.29) is 24.0 Å². The number of aryl methyl sites for hydroxylation is 1. The molecule has 3 rings (SSSR count). The molecular weight excluding hydrogens is 379 g/mol. The van der Waals surface area contributed by atoms with E-state index in [1.165, 1.54) is 19.3 Å². The Bertz CT molecular complexity index is 490. The number of guanidine groups is 1.